The molecule has 5 nitrogen and oxygen atoms in total. The van der Waals surface area contributed by atoms with Gasteiger partial charge in [0.05, 0.1) is 11.5 Å². The van der Waals surface area contributed by atoms with Gasteiger partial charge in [-0.25, -0.2) is 0 Å². The topological polar surface area (TPSA) is 69.6 Å². The number of likely N-dealkylation sites (tertiary alicyclic amines) is 1. The molecule has 1 amide bonds. The Kier molecular flexibility index (Phi) is 4.64. The Morgan fingerprint density at radius 3 is 2.64 bits per heavy atom. The highest BCUT2D eigenvalue weighted by molar-refractivity contribution is 5.88. The molecule has 3 fully saturated rings. The molecule has 8 heteroatoms. The van der Waals surface area contributed by atoms with E-state index in [0.29, 0.717) is 38.0 Å². The van der Waals surface area contributed by atoms with E-state index in [1.54, 1.807) is 11.0 Å². The normalized spacial score (nSPS) is 29.1. The second-order valence-electron chi connectivity index (χ2n) is 8.40. The van der Waals surface area contributed by atoms with Crippen molar-refractivity contribution in [3.8, 4) is 0 Å². The molecule has 3 aliphatic rings. The van der Waals surface area contributed by atoms with Gasteiger partial charge in [0, 0.05) is 25.6 Å². The van der Waals surface area contributed by atoms with Crippen LogP contribution in [0.5, 0.6) is 0 Å². The summed E-state index contributed by atoms with van der Waals surface area (Å²) in [6, 6.07) is 4.47. The van der Waals surface area contributed by atoms with E-state index >= 15 is 0 Å². The van der Waals surface area contributed by atoms with Gasteiger partial charge in [0.1, 0.15) is 6.04 Å². The lowest BCUT2D eigenvalue weighted by molar-refractivity contribution is -0.150. The van der Waals surface area contributed by atoms with Crippen LogP contribution in [0, 0.1) is 11.3 Å². The molecule has 2 aliphatic heterocycles. The predicted octanol–water partition coefficient (Wildman–Crippen LogP) is 2.86. The molecule has 1 spiro atoms. The van der Waals surface area contributed by atoms with E-state index in [2.05, 4.69) is 5.32 Å². The fourth-order valence-corrected chi connectivity index (χ4v) is 4.57. The first kappa shape index (κ1) is 19.2. The summed E-state index contributed by atoms with van der Waals surface area (Å²) in [6.07, 6.45) is -1.33. The summed E-state index contributed by atoms with van der Waals surface area (Å²) >= 11 is 0. The molecule has 2 heterocycles. The van der Waals surface area contributed by atoms with E-state index in [1.165, 1.54) is 6.07 Å². The quantitative estimate of drug-likeness (QED) is 0.825. The van der Waals surface area contributed by atoms with Gasteiger partial charge in [-0.3, -0.25) is 9.59 Å². The Bertz CT molecular complexity index is 791. The summed E-state index contributed by atoms with van der Waals surface area (Å²) in [6.45, 7) is 1.39. The van der Waals surface area contributed by atoms with Crippen molar-refractivity contribution in [3.05, 3.63) is 35.4 Å². The fourth-order valence-electron chi connectivity index (χ4n) is 4.57. The zero-order chi connectivity index (χ0) is 20.1. The summed E-state index contributed by atoms with van der Waals surface area (Å²) in [5.74, 6) is -2.15. The van der Waals surface area contributed by atoms with Crippen LogP contribution in [0.25, 0.3) is 0 Å². The van der Waals surface area contributed by atoms with Gasteiger partial charge in [0.25, 0.3) is 0 Å². The van der Waals surface area contributed by atoms with Crippen molar-refractivity contribution in [1.82, 2.24) is 10.2 Å². The average molecular weight is 396 g/mol. The third kappa shape index (κ3) is 3.62. The Hall–Kier alpha value is -2.09. The minimum absolute atomic E-state index is 0.0332. The number of nitrogens with one attached hydrogen (secondary N) is 1. The molecular formula is C20H23F3N2O3. The summed E-state index contributed by atoms with van der Waals surface area (Å²) in [5.41, 5.74) is -0.0938. The molecule has 1 aromatic carbocycles. The minimum Gasteiger partial charge on any atom is -0.481 e. The number of piperidine rings is 1. The molecule has 0 radical (unpaired) electrons. The van der Waals surface area contributed by atoms with E-state index in [4.69, 9.17) is 0 Å². The molecule has 2 saturated heterocycles. The number of carboxylic acid groups (broad SMARTS) is 1. The van der Waals surface area contributed by atoms with Crippen molar-refractivity contribution < 1.29 is 27.9 Å². The smallest absolute Gasteiger partial charge is 0.416 e. The molecule has 1 aromatic rings. The summed E-state index contributed by atoms with van der Waals surface area (Å²) < 4.78 is 38.9. The number of nitrogens with zero attached hydrogens (tertiary/aromatic N) is 1. The van der Waals surface area contributed by atoms with Gasteiger partial charge in [0.15, 0.2) is 0 Å². The standard InChI is InChI=1S/C20H23F3N2O3/c21-20(22,23)14-3-1-2-12(8-14)13-4-7-25(10-13)17(26)16-15(18(27)28)9-19(5-6-19)11-24-16/h1-3,8,13,15-16,24H,4-7,9-11H2,(H,27,28). The molecule has 0 aromatic heterocycles. The first-order chi connectivity index (χ1) is 13.2. The zero-order valence-corrected chi connectivity index (χ0v) is 15.3. The van der Waals surface area contributed by atoms with Crippen molar-refractivity contribution in [2.45, 2.75) is 43.8 Å². The maximum atomic E-state index is 13.0. The van der Waals surface area contributed by atoms with Crippen LogP contribution >= 0.6 is 0 Å². The number of hydrogen-bond acceptors (Lipinski definition) is 3. The summed E-state index contributed by atoms with van der Waals surface area (Å²) in [7, 11) is 0. The molecule has 1 aliphatic carbocycles. The molecule has 3 unspecified atom stereocenters. The van der Waals surface area contributed by atoms with Gasteiger partial charge in [-0.05, 0) is 42.7 Å². The van der Waals surface area contributed by atoms with Gasteiger partial charge < -0.3 is 15.3 Å². The lowest BCUT2D eigenvalue weighted by Crippen LogP contribution is -2.57. The van der Waals surface area contributed by atoms with Crippen molar-refractivity contribution in [2.24, 2.45) is 11.3 Å². The number of halogens is 3. The number of amides is 1. The van der Waals surface area contributed by atoms with E-state index < -0.39 is 29.7 Å². The van der Waals surface area contributed by atoms with Gasteiger partial charge >= 0.3 is 12.1 Å². The molecule has 4 rings (SSSR count). The number of aliphatic carboxylic acids is 1. The molecule has 0 bridgehead atoms. The van der Waals surface area contributed by atoms with E-state index in [0.717, 1.165) is 25.0 Å². The zero-order valence-electron chi connectivity index (χ0n) is 15.3. The van der Waals surface area contributed by atoms with Gasteiger partial charge in [-0.1, -0.05) is 18.2 Å². The number of carbonyl (C=O) groups is 2. The molecule has 2 N–H and O–H groups in total. The van der Waals surface area contributed by atoms with Crippen LogP contribution in [0.2, 0.25) is 0 Å². The second kappa shape index (κ2) is 6.76. The van der Waals surface area contributed by atoms with Crippen LogP contribution in [0.4, 0.5) is 13.2 Å². The molecule has 152 valence electrons. The maximum absolute atomic E-state index is 13.0. The monoisotopic (exact) mass is 396 g/mol. The number of benzene rings is 1. The number of hydrogen-bond donors (Lipinski definition) is 2. The van der Waals surface area contributed by atoms with Crippen molar-refractivity contribution in [1.29, 1.82) is 0 Å². The fraction of sp³-hybridized carbons (Fsp3) is 0.600. The van der Waals surface area contributed by atoms with Crippen LogP contribution in [0.1, 0.15) is 42.7 Å². The third-order valence-electron chi connectivity index (χ3n) is 6.48. The molecule has 1 saturated carbocycles. The van der Waals surface area contributed by atoms with Crippen LogP contribution in [-0.2, 0) is 15.8 Å². The van der Waals surface area contributed by atoms with E-state index in [-0.39, 0.29) is 17.2 Å². The number of alkyl halides is 3. The lowest BCUT2D eigenvalue weighted by atomic mass is 9.82. The first-order valence-electron chi connectivity index (χ1n) is 9.61. The van der Waals surface area contributed by atoms with Crippen LogP contribution < -0.4 is 5.32 Å². The number of carboxylic acids is 1. The highest BCUT2D eigenvalue weighted by Crippen LogP contribution is 2.52. The molecule has 3 atom stereocenters. The van der Waals surface area contributed by atoms with Crippen LogP contribution in [0.3, 0.4) is 0 Å². The van der Waals surface area contributed by atoms with Crippen LogP contribution in [-0.4, -0.2) is 47.6 Å². The lowest BCUT2D eigenvalue weighted by Gasteiger charge is -2.36. The van der Waals surface area contributed by atoms with Crippen molar-refractivity contribution in [2.75, 3.05) is 19.6 Å². The van der Waals surface area contributed by atoms with Crippen molar-refractivity contribution in [3.63, 3.8) is 0 Å². The maximum Gasteiger partial charge on any atom is 0.416 e. The van der Waals surface area contributed by atoms with Gasteiger partial charge in [-0.15, -0.1) is 0 Å². The van der Waals surface area contributed by atoms with E-state index in [9.17, 15) is 27.9 Å². The first-order valence-corrected chi connectivity index (χ1v) is 9.61. The molecule has 28 heavy (non-hydrogen) atoms. The Labute approximate surface area is 160 Å². The van der Waals surface area contributed by atoms with Crippen LogP contribution in [0.15, 0.2) is 24.3 Å². The highest BCUT2D eigenvalue weighted by Gasteiger charge is 2.53. The summed E-state index contributed by atoms with van der Waals surface area (Å²) in [5, 5.41) is 12.7. The van der Waals surface area contributed by atoms with Gasteiger partial charge in [0.2, 0.25) is 5.91 Å². The average Bonchev–Trinajstić information content (AvgIpc) is 3.21. The Morgan fingerprint density at radius 1 is 1.25 bits per heavy atom. The highest BCUT2D eigenvalue weighted by atomic mass is 19.4. The Balaban J connectivity index is 1.45. The SMILES string of the molecule is O=C(O)C1CC2(CC2)CNC1C(=O)N1CCC(c2cccc(C(F)(F)F)c2)C1. The number of rotatable bonds is 3. The largest absolute Gasteiger partial charge is 0.481 e. The predicted molar refractivity (Wildman–Crippen MR) is 94.6 cm³/mol. The third-order valence-corrected chi connectivity index (χ3v) is 6.48. The summed E-state index contributed by atoms with van der Waals surface area (Å²) in [4.78, 5) is 26.3. The number of carbonyl (C=O) groups excluding carboxylic acids is 1. The van der Waals surface area contributed by atoms with E-state index in [1.807, 2.05) is 0 Å². The van der Waals surface area contributed by atoms with Gasteiger partial charge in [-0.2, -0.15) is 13.2 Å². The molecular weight excluding hydrogens is 373 g/mol. The second-order valence-corrected chi connectivity index (χ2v) is 8.40. The minimum atomic E-state index is -4.40. The Morgan fingerprint density at radius 2 is 2.00 bits per heavy atom. The van der Waals surface area contributed by atoms with Crippen molar-refractivity contribution >= 4 is 11.9 Å².